The standard InChI is InChI=1S/C19H27N3O6S/c1-27-19(24)21-8-6-15(7-9-21)14-20-18(23)16-2-4-17(5-3-16)29(25,26)22-10-12-28-13-11-22/h2-5,15H,6-14H2,1H3,(H,20,23). The lowest BCUT2D eigenvalue weighted by Gasteiger charge is -2.30. The number of sulfonamides is 1. The number of methoxy groups -OCH3 is 1. The highest BCUT2D eigenvalue weighted by Crippen LogP contribution is 2.19. The molecule has 0 saturated carbocycles. The first-order valence-corrected chi connectivity index (χ1v) is 11.1. The van der Waals surface area contributed by atoms with Crippen molar-refractivity contribution in [1.82, 2.24) is 14.5 Å². The lowest BCUT2D eigenvalue weighted by Crippen LogP contribution is -2.41. The largest absolute Gasteiger partial charge is 0.453 e. The van der Waals surface area contributed by atoms with Crippen LogP contribution in [0, 0.1) is 5.92 Å². The number of ether oxygens (including phenoxy) is 2. The Bertz CT molecular complexity index is 813. The topological polar surface area (TPSA) is 105 Å². The van der Waals surface area contributed by atoms with Gasteiger partial charge in [-0.3, -0.25) is 4.79 Å². The molecule has 29 heavy (non-hydrogen) atoms. The van der Waals surface area contributed by atoms with Crippen molar-refractivity contribution in [2.75, 3.05) is 53.0 Å². The minimum Gasteiger partial charge on any atom is -0.453 e. The summed E-state index contributed by atoms with van der Waals surface area (Å²) < 4.78 is 36.6. The predicted molar refractivity (Wildman–Crippen MR) is 105 cm³/mol. The molecule has 2 saturated heterocycles. The summed E-state index contributed by atoms with van der Waals surface area (Å²) >= 11 is 0. The maximum absolute atomic E-state index is 12.6. The van der Waals surface area contributed by atoms with Gasteiger partial charge >= 0.3 is 6.09 Å². The van der Waals surface area contributed by atoms with E-state index in [-0.39, 0.29) is 16.9 Å². The molecule has 160 valence electrons. The molecule has 0 aliphatic carbocycles. The Morgan fingerprint density at radius 3 is 2.31 bits per heavy atom. The van der Waals surface area contributed by atoms with E-state index >= 15 is 0 Å². The van der Waals surface area contributed by atoms with Crippen LogP contribution in [0.1, 0.15) is 23.2 Å². The van der Waals surface area contributed by atoms with E-state index in [1.165, 1.54) is 35.7 Å². The first-order valence-electron chi connectivity index (χ1n) is 9.71. The molecular formula is C19H27N3O6S. The van der Waals surface area contributed by atoms with E-state index in [1.54, 1.807) is 4.90 Å². The van der Waals surface area contributed by atoms with Gasteiger partial charge in [-0.15, -0.1) is 0 Å². The molecule has 0 aromatic heterocycles. The van der Waals surface area contributed by atoms with Crippen LogP contribution in [-0.4, -0.2) is 82.7 Å². The highest BCUT2D eigenvalue weighted by atomic mass is 32.2. The number of hydrogen-bond acceptors (Lipinski definition) is 6. The van der Waals surface area contributed by atoms with Crippen LogP contribution < -0.4 is 5.32 Å². The molecule has 0 radical (unpaired) electrons. The van der Waals surface area contributed by atoms with Crippen LogP contribution in [0.15, 0.2) is 29.2 Å². The Kier molecular flexibility index (Phi) is 7.09. The number of carbonyl (C=O) groups excluding carboxylic acids is 2. The molecule has 2 aliphatic rings. The Balaban J connectivity index is 1.51. The van der Waals surface area contributed by atoms with Crippen LogP contribution in [0.4, 0.5) is 4.79 Å². The molecule has 2 amide bonds. The zero-order valence-corrected chi connectivity index (χ0v) is 17.3. The zero-order chi connectivity index (χ0) is 20.9. The van der Waals surface area contributed by atoms with Gasteiger partial charge in [0.1, 0.15) is 0 Å². The number of rotatable bonds is 5. The number of morpholine rings is 1. The number of likely N-dealkylation sites (tertiary alicyclic amines) is 1. The number of nitrogens with one attached hydrogen (secondary N) is 1. The first-order chi connectivity index (χ1) is 13.9. The number of carbonyl (C=O) groups is 2. The van der Waals surface area contributed by atoms with Gasteiger partial charge in [0.2, 0.25) is 10.0 Å². The second-order valence-electron chi connectivity index (χ2n) is 7.15. The smallest absolute Gasteiger partial charge is 0.409 e. The van der Waals surface area contributed by atoms with Gasteiger partial charge in [-0.05, 0) is 43.0 Å². The summed E-state index contributed by atoms with van der Waals surface area (Å²) in [5.74, 6) is 0.0524. The highest BCUT2D eigenvalue weighted by Gasteiger charge is 2.27. The van der Waals surface area contributed by atoms with Gasteiger partial charge in [0.25, 0.3) is 5.91 Å². The SMILES string of the molecule is COC(=O)N1CCC(CNC(=O)c2ccc(S(=O)(=O)N3CCOCC3)cc2)CC1. The van der Waals surface area contributed by atoms with Gasteiger partial charge in [-0.1, -0.05) is 0 Å². The Morgan fingerprint density at radius 1 is 1.10 bits per heavy atom. The van der Waals surface area contributed by atoms with Gasteiger partial charge in [-0.2, -0.15) is 4.31 Å². The quantitative estimate of drug-likeness (QED) is 0.752. The van der Waals surface area contributed by atoms with Gasteiger partial charge in [-0.25, -0.2) is 13.2 Å². The molecule has 0 bridgehead atoms. The van der Waals surface area contributed by atoms with Crippen LogP contribution >= 0.6 is 0 Å². The van der Waals surface area contributed by atoms with Crippen molar-refractivity contribution < 1.29 is 27.5 Å². The van der Waals surface area contributed by atoms with Crippen LogP contribution in [-0.2, 0) is 19.5 Å². The average molecular weight is 426 g/mol. The van der Waals surface area contributed by atoms with E-state index in [0.717, 1.165) is 12.8 Å². The normalized spacial score (nSPS) is 19.0. The van der Waals surface area contributed by atoms with E-state index in [4.69, 9.17) is 9.47 Å². The Morgan fingerprint density at radius 2 is 1.72 bits per heavy atom. The van der Waals surface area contributed by atoms with Crippen molar-refractivity contribution in [3.8, 4) is 0 Å². The lowest BCUT2D eigenvalue weighted by molar-refractivity contribution is 0.0730. The molecule has 1 aromatic rings. The molecule has 0 unspecified atom stereocenters. The van der Waals surface area contributed by atoms with Crippen molar-refractivity contribution in [2.45, 2.75) is 17.7 Å². The third-order valence-corrected chi connectivity index (χ3v) is 7.24. The number of hydrogen-bond donors (Lipinski definition) is 1. The van der Waals surface area contributed by atoms with E-state index in [9.17, 15) is 18.0 Å². The van der Waals surface area contributed by atoms with E-state index in [1.807, 2.05) is 0 Å². The fourth-order valence-corrected chi connectivity index (χ4v) is 4.91. The van der Waals surface area contributed by atoms with Crippen molar-refractivity contribution in [3.63, 3.8) is 0 Å². The monoisotopic (exact) mass is 425 g/mol. The highest BCUT2D eigenvalue weighted by molar-refractivity contribution is 7.89. The molecule has 9 nitrogen and oxygen atoms in total. The molecular weight excluding hydrogens is 398 g/mol. The average Bonchev–Trinajstić information content (AvgIpc) is 2.78. The molecule has 0 atom stereocenters. The van der Waals surface area contributed by atoms with E-state index in [0.29, 0.717) is 57.4 Å². The summed E-state index contributed by atoms with van der Waals surface area (Å²) in [5.41, 5.74) is 0.415. The molecule has 3 rings (SSSR count). The lowest BCUT2D eigenvalue weighted by atomic mass is 9.97. The molecule has 10 heteroatoms. The third kappa shape index (κ3) is 5.26. The van der Waals surface area contributed by atoms with Gasteiger partial charge in [0, 0.05) is 38.3 Å². The summed E-state index contributed by atoms with van der Waals surface area (Å²) in [6.45, 7) is 3.18. The van der Waals surface area contributed by atoms with Gasteiger partial charge in [0.15, 0.2) is 0 Å². The molecule has 1 aromatic carbocycles. The third-order valence-electron chi connectivity index (χ3n) is 5.32. The number of piperidine rings is 1. The van der Waals surface area contributed by atoms with Gasteiger partial charge < -0.3 is 19.7 Å². The molecule has 2 fully saturated rings. The summed E-state index contributed by atoms with van der Waals surface area (Å²) in [6, 6.07) is 5.99. The molecule has 2 heterocycles. The van der Waals surface area contributed by atoms with Gasteiger partial charge in [0.05, 0.1) is 25.2 Å². The minimum absolute atomic E-state index is 0.172. The second-order valence-corrected chi connectivity index (χ2v) is 9.09. The minimum atomic E-state index is -3.57. The van der Waals surface area contributed by atoms with E-state index < -0.39 is 10.0 Å². The maximum Gasteiger partial charge on any atom is 0.409 e. The number of benzene rings is 1. The number of nitrogens with zero attached hydrogens (tertiary/aromatic N) is 2. The summed E-state index contributed by atoms with van der Waals surface area (Å²) in [6.07, 6.45) is 1.28. The predicted octanol–water partition coefficient (Wildman–Crippen LogP) is 0.916. The van der Waals surface area contributed by atoms with Crippen LogP contribution in [0.3, 0.4) is 0 Å². The maximum atomic E-state index is 12.6. The second kappa shape index (κ2) is 9.55. The fraction of sp³-hybridized carbons (Fsp3) is 0.579. The summed E-state index contributed by atoms with van der Waals surface area (Å²) in [5, 5.41) is 2.90. The van der Waals surface area contributed by atoms with Crippen LogP contribution in [0.5, 0.6) is 0 Å². The van der Waals surface area contributed by atoms with Crippen LogP contribution in [0.2, 0.25) is 0 Å². The van der Waals surface area contributed by atoms with Crippen molar-refractivity contribution in [1.29, 1.82) is 0 Å². The molecule has 2 aliphatic heterocycles. The van der Waals surface area contributed by atoms with Crippen molar-refractivity contribution in [2.24, 2.45) is 5.92 Å². The number of amides is 2. The van der Waals surface area contributed by atoms with Crippen molar-refractivity contribution >= 4 is 22.0 Å². The van der Waals surface area contributed by atoms with E-state index in [2.05, 4.69) is 5.32 Å². The fourth-order valence-electron chi connectivity index (χ4n) is 3.50. The Labute approximate surface area is 171 Å². The molecule has 0 spiro atoms. The zero-order valence-electron chi connectivity index (χ0n) is 16.5. The van der Waals surface area contributed by atoms with Crippen molar-refractivity contribution in [3.05, 3.63) is 29.8 Å². The first kappa shape index (κ1) is 21.5. The van der Waals surface area contributed by atoms with Crippen LogP contribution in [0.25, 0.3) is 0 Å². The Hall–Kier alpha value is -2.17. The summed E-state index contributed by atoms with van der Waals surface area (Å²) in [7, 11) is -2.20. The molecule has 1 N–H and O–H groups in total. The summed E-state index contributed by atoms with van der Waals surface area (Å²) in [4.78, 5) is 25.7.